The molecule has 1 atom stereocenters. The number of aliphatic carboxylic acids is 1. The van der Waals surface area contributed by atoms with Gasteiger partial charge in [0.15, 0.2) is 0 Å². The Labute approximate surface area is 110 Å². The van der Waals surface area contributed by atoms with Crippen LogP contribution in [-0.4, -0.2) is 28.0 Å². The van der Waals surface area contributed by atoms with Gasteiger partial charge in [-0.15, -0.1) is 11.3 Å². The minimum atomic E-state index is -0.855. The Kier molecular flexibility index (Phi) is 5.27. The Morgan fingerprint density at radius 3 is 2.61 bits per heavy atom. The molecule has 100 valence electrons. The summed E-state index contributed by atoms with van der Waals surface area (Å²) in [5.41, 5.74) is 0.408. The molecule has 1 amide bonds. The van der Waals surface area contributed by atoms with Crippen molar-refractivity contribution in [2.24, 2.45) is 0 Å². The van der Waals surface area contributed by atoms with Crippen LogP contribution in [0.4, 0.5) is 0 Å². The van der Waals surface area contributed by atoms with Crippen molar-refractivity contribution in [3.05, 3.63) is 16.1 Å². The molecule has 0 aliphatic heterocycles. The Hall–Kier alpha value is -1.43. The van der Waals surface area contributed by atoms with Crippen LogP contribution in [-0.2, 0) is 4.79 Å². The number of hydrogen-bond acceptors (Lipinski definition) is 4. The van der Waals surface area contributed by atoms with Crippen LogP contribution >= 0.6 is 11.3 Å². The number of hydrogen-bond donors (Lipinski definition) is 2. The van der Waals surface area contributed by atoms with E-state index in [-0.39, 0.29) is 18.4 Å². The van der Waals surface area contributed by atoms with Gasteiger partial charge in [0.05, 0.1) is 5.01 Å². The highest BCUT2D eigenvalue weighted by Crippen LogP contribution is 2.19. The predicted octanol–water partition coefficient (Wildman–Crippen LogP) is 2.25. The van der Waals surface area contributed by atoms with Gasteiger partial charge >= 0.3 is 5.97 Å². The summed E-state index contributed by atoms with van der Waals surface area (Å²) in [6.07, 6.45) is 0.470. The van der Waals surface area contributed by atoms with Crippen LogP contribution in [0.2, 0.25) is 0 Å². The van der Waals surface area contributed by atoms with Crippen molar-refractivity contribution in [2.75, 3.05) is 0 Å². The quantitative estimate of drug-likeness (QED) is 0.831. The SMILES string of the molecule is CC(C)c1nc(C(=O)N[C@@H](C)CCC(=O)O)cs1. The molecule has 0 radical (unpaired) electrons. The van der Waals surface area contributed by atoms with E-state index in [1.165, 1.54) is 11.3 Å². The minimum absolute atomic E-state index is 0.0513. The summed E-state index contributed by atoms with van der Waals surface area (Å²) in [4.78, 5) is 26.5. The van der Waals surface area contributed by atoms with E-state index in [0.717, 1.165) is 5.01 Å². The summed E-state index contributed by atoms with van der Waals surface area (Å²) >= 11 is 1.47. The zero-order valence-corrected chi connectivity index (χ0v) is 11.6. The third kappa shape index (κ3) is 4.44. The zero-order chi connectivity index (χ0) is 13.7. The van der Waals surface area contributed by atoms with Crippen LogP contribution in [0.5, 0.6) is 0 Å². The summed E-state index contributed by atoms with van der Waals surface area (Å²) in [5, 5.41) is 14.0. The summed E-state index contributed by atoms with van der Waals surface area (Å²) in [5.74, 6) is -0.788. The van der Waals surface area contributed by atoms with Crippen molar-refractivity contribution in [3.63, 3.8) is 0 Å². The molecule has 0 spiro atoms. The van der Waals surface area contributed by atoms with Gasteiger partial charge in [0.25, 0.3) is 5.91 Å². The topological polar surface area (TPSA) is 79.3 Å². The second-order valence-corrected chi connectivity index (χ2v) is 5.42. The Morgan fingerprint density at radius 2 is 2.11 bits per heavy atom. The largest absolute Gasteiger partial charge is 0.481 e. The van der Waals surface area contributed by atoms with Crippen LogP contribution in [0.3, 0.4) is 0 Å². The fourth-order valence-corrected chi connectivity index (χ4v) is 2.18. The summed E-state index contributed by atoms with van der Waals surface area (Å²) in [7, 11) is 0. The van der Waals surface area contributed by atoms with E-state index in [0.29, 0.717) is 18.0 Å². The first-order valence-electron chi connectivity index (χ1n) is 5.88. The number of carboxylic acid groups (broad SMARTS) is 1. The van der Waals surface area contributed by atoms with E-state index in [9.17, 15) is 9.59 Å². The van der Waals surface area contributed by atoms with E-state index in [4.69, 9.17) is 5.11 Å². The molecule has 0 aliphatic rings. The highest BCUT2D eigenvalue weighted by atomic mass is 32.1. The lowest BCUT2D eigenvalue weighted by Crippen LogP contribution is -2.33. The highest BCUT2D eigenvalue weighted by molar-refractivity contribution is 7.09. The van der Waals surface area contributed by atoms with Gasteiger partial charge in [-0.3, -0.25) is 9.59 Å². The van der Waals surface area contributed by atoms with Gasteiger partial charge in [-0.2, -0.15) is 0 Å². The first-order chi connectivity index (χ1) is 8.40. The second-order valence-electron chi connectivity index (χ2n) is 4.53. The van der Waals surface area contributed by atoms with Crippen LogP contribution in [0, 0.1) is 0 Å². The van der Waals surface area contributed by atoms with E-state index in [1.807, 2.05) is 13.8 Å². The first-order valence-corrected chi connectivity index (χ1v) is 6.76. The van der Waals surface area contributed by atoms with Crippen molar-refractivity contribution < 1.29 is 14.7 Å². The van der Waals surface area contributed by atoms with Gasteiger partial charge in [-0.25, -0.2) is 4.98 Å². The predicted molar refractivity (Wildman–Crippen MR) is 70.0 cm³/mol. The maximum absolute atomic E-state index is 11.8. The zero-order valence-electron chi connectivity index (χ0n) is 10.8. The Morgan fingerprint density at radius 1 is 1.44 bits per heavy atom. The number of rotatable bonds is 6. The monoisotopic (exact) mass is 270 g/mol. The molecule has 0 unspecified atom stereocenters. The average Bonchev–Trinajstić information content (AvgIpc) is 2.75. The lowest BCUT2D eigenvalue weighted by molar-refractivity contribution is -0.137. The molecule has 5 nitrogen and oxygen atoms in total. The number of aromatic nitrogens is 1. The summed E-state index contributed by atoms with van der Waals surface area (Å²) < 4.78 is 0. The van der Waals surface area contributed by atoms with Crippen LogP contribution < -0.4 is 5.32 Å². The molecular formula is C12H18N2O3S. The molecule has 1 heterocycles. The molecule has 1 rings (SSSR count). The maximum Gasteiger partial charge on any atom is 0.303 e. The smallest absolute Gasteiger partial charge is 0.303 e. The van der Waals surface area contributed by atoms with Gasteiger partial charge < -0.3 is 10.4 Å². The van der Waals surface area contributed by atoms with Crippen LogP contribution in [0.1, 0.15) is 55.0 Å². The molecule has 0 aliphatic carbocycles. The van der Waals surface area contributed by atoms with Crippen molar-refractivity contribution in [1.29, 1.82) is 0 Å². The fraction of sp³-hybridized carbons (Fsp3) is 0.583. The molecule has 18 heavy (non-hydrogen) atoms. The lowest BCUT2D eigenvalue weighted by Gasteiger charge is -2.11. The Balaban J connectivity index is 2.51. The number of nitrogens with zero attached hydrogens (tertiary/aromatic N) is 1. The van der Waals surface area contributed by atoms with E-state index >= 15 is 0 Å². The molecule has 6 heteroatoms. The third-order valence-electron chi connectivity index (χ3n) is 2.42. The Bertz CT molecular complexity index is 429. The average molecular weight is 270 g/mol. The van der Waals surface area contributed by atoms with Gasteiger partial charge in [-0.1, -0.05) is 13.8 Å². The lowest BCUT2D eigenvalue weighted by atomic mass is 10.2. The van der Waals surface area contributed by atoms with Gasteiger partial charge in [0.2, 0.25) is 0 Å². The minimum Gasteiger partial charge on any atom is -0.481 e. The van der Waals surface area contributed by atoms with Gasteiger partial charge in [0, 0.05) is 23.8 Å². The summed E-state index contributed by atoms with van der Waals surface area (Å²) in [6.45, 7) is 5.84. The van der Waals surface area contributed by atoms with Crippen LogP contribution in [0.25, 0.3) is 0 Å². The fourth-order valence-electron chi connectivity index (χ4n) is 1.37. The molecule has 0 saturated carbocycles. The molecule has 0 fully saturated rings. The summed E-state index contributed by atoms with van der Waals surface area (Å²) in [6, 6.07) is -0.169. The maximum atomic E-state index is 11.8. The normalized spacial score (nSPS) is 12.4. The highest BCUT2D eigenvalue weighted by Gasteiger charge is 2.15. The van der Waals surface area contributed by atoms with Crippen molar-refractivity contribution in [1.82, 2.24) is 10.3 Å². The standard InChI is InChI=1S/C12H18N2O3S/c1-7(2)12-14-9(6-18-12)11(17)13-8(3)4-5-10(15)16/h6-8H,4-5H2,1-3H3,(H,13,17)(H,15,16)/t8-/m0/s1. The number of carboxylic acids is 1. The number of nitrogens with one attached hydrogen (secondary N) is 1. The van der Waals surface area contributed by atoms with E-state index in [1.54, 1.807) is 12.3 Å². The van der Waals surface area contributed by atoms with Crippen molar-refractivity contribution in [2.45, 2.75) is 45.6 Å². The molecule has 1 aromatic heterocycles. The molecule has 0 saturated heterocycles. The number of thiazole rings is 1. The van der Waals surface area contributed by atoms with E-state index in [2.05, 4.69) is 10.3 Å². The van der Waals surface area contributed by atoms with Gasteiger partial charge in [-0.05, 0) is 13.3 Å². The molecule has 0 bridgehead atoms. The number of carbonyl (C=O) groups excluding carboxylic acids is 1. The number of carbonyl (C=O) groups is 2. The van der Waals surface area contributed by atoms with Crippen molar-refractivity contribution >= 4 is 23.2 Å². The second kappa shape index (κ2) is 6.49. The molecule has 0 aromatic carbocycles. The van der Waals surface area contributed by atoms with Gasteiger partial charge in [0.1, 0.15) is 5.69 Å². The third-order valence-corrected chi connectivity index (χ3v) is 3.56. The van der Waals surface area contributed by atoms with Crippen molar-refractivity contribution in [3.8, 4) is 0 Å². The number of amides is 1. The van der Waals surface area contributed by atoms with Crippen LogP contribution in [0.15, 0.2) is 5.38 Å². The molecule has 1 aromatic rings. The first kappa shape index (κ1) is 14.6. The molecular weight excluding hydrogens is 252 g/mol. The van der Waals surface area contributed by atoms with E-state index < -0.39 is 5.97 Å². The molecule has 2 N–H and O–H groups in total.